The third-order valence-corrected chi connectivity index (χ3v) is 5.81. The minimum Gasteiger partial charge on any atom is -0.494 e. The summed E-state index contributed by atoms with van der Waals surface area (Å²) in [6.07, 6.45) is 1.24. The molecule has 2 aromatic carbocycles. The van der Waals surface area contributed by atoms with Crippen molar-refractivity contribution in [2.24, 2.45) is 0 Å². The van der Waals surface area contributed by atoms with Gasteiger partial charge in [-0.25, -0.2) is 8.42 Å². The fraction of sp³-hybridized carbons (Fsp3) is 0.111. The lowest BCUT2D eigenvalue weighted by Crippen LogP contribution is -2.21. The Hall–Kier alpha value is -2.55. The van der Waals surface area contributed by atoms with E-state index in [1.54, 1.807) is 24.3 Å². The second-order valence-corrected chi connectivity index (χ2v) is 8.05. The molecular formula is C18H15Cl2N3O4S. The highest BCUT2D eigenvalue weighted by molar-refractivity contribution is 7.92. The van der Waals surface area contributed by atoms with Crippen molar-refractivity contribution in [2.75, 3.05) is 11.3 Å². The number of nitrogens with one attached hydrogen (secondary N) is 1. The topological polar surface area (TPSA) is 90.3 Å². The second kappa shape index (κ2) is 8.22. The Kier molecular flexibility index (Phi) is 5.93. The lowest BCUT2D eigenvalue weighted by Gasteiger charge is -2.11. The van der Waals surface area contributed by atoms with Crippen LogP contribution in [0, 0.1) is 0 Å². The van der Waals surface area contributed by atoms with Gasteiger partial charge in [0.25, 0.3) is 15.6 Å². The maximum Gasteiger partial charge on any atom is 0.291 e. The molecule has 0 amide bonds. The first-order valence-corrected chi connectivity index (χ1v) is 10.3. The summed E-state index contributed by atoms with van der Waals surface area (Å²) >= 11 is 11.6. The minimum atomic E-state index is -3.83. The summed E-state index contributed by atoms with van der Waals surface area (Å²) in [5.41, 5.74) is 0.119. The molecule has 7 nitrogen and oxygen atoms in total. The van der Waals surface area contributed by atoms with Crippen molar-refractivity contribution in [1.82, 2.24) is 9.78 Å². The number of halogens is 2. The molecule has 28 heavy (non-hydrogen) atoms. The van der Waals surface area contributed by atoms with Gasteiger partial charge in [-0.2, -0.15) is 9.78 Å². The SMILES string of the molecule is CCOc1cccc(NS(=O)(=O)c2ccc(-n3ncc(Cl)c(Cl)c3=O)cc2)c1. The molecule has 1 aromatic heterocycles. The summed E-state index contributed by atoms with van der Waals surface area (Å²) in [7, 11) is -3.83. The van der Waals surface area contributed by atoms with Crippen molar-refractivity contribution < 1.29 is 13.2 Å². The van der Waals surface area contributed by atoms with Crippen LogP contribution >= 0.6 is 23.2 Å². The first kappa shape index (κ1) is 20.2. The maximum atomic E-state index is 12.6. The number of ether oxygens (including phenoxy) is 1. The highest BCUT2D eigenvalue weighted by atomic mass is 35.5. The van der Waals surface area contributed by atoms with E-state index in [-0.39, 0.29) is 14.9 Å². The minimum absolute atomic E-state index is 0.0196. The van der Waals surface area contributed by atoms with E-state index in [4.69, 9.17) is 27.9 Å². The Labute approximate surface area is 171 Å². The van der Waals surface area contributed by atoms with Crippen LogP contribution in [-0.2, 0) is 10.0 Å². The summed E-state index contributed by atoms with van der Waals surface area (Å²) < 4.78 is 34.1. The van der Waals surface area contributed by atoms with Crippen LogP contribution in [0.1, 0.15) is 6.92 Å². The number of hydrogen-bond donors (Lipinski definition) is 1. The quantitative estimate of drug-likeness (QED) is 0.631. The first-order valence-electron chi connectivity index (χ1n) is 8.11. The van der Waals surface area contributed by atoms with E-state index in [0.717, 1.165) is 4.68 Å². The van der Waals surface area contributed by atoms with Gasteiger partial charge in [0.15, 0.2) is 0 Å². The number of nitrogens with zero attached hydrogens (tertiary/aromatic N) is 2. The van der Waals surface area contributed by atoms with E-state index >= 15 is 0 Å². The fourth-order valence-corrected chi connectivity index (χ4v) is 3.70. The van der Waals surface area contributed by atoms with Crippen LogP contribution < -0.4 is 15.0 Å². The van der Waals surface area contributed by atoms with Crippen LogP contribution in [0.15, 0.2) is 64.4 Å². The molecule has 0 atom stereocenters. The molecule has 0 aliphatic heterocycles. The third kappa shape index (κ3) is 4.30. The molecule has 0 radical (unpaired) electrons. The Morgan fingerprint density at radius 2 is 1.86 bits per heavy atom. The predicted molar refractivity (Wildman–Crippen MR) is 108 cm³/mol. The fourth-order valence-electron chi connectivity index (χ4n) is 2.39. The van der Waals surface area contributed by atoms with E-state index in [2.05, 4.69) is 9.82 Å². The number of rotatable bonds is 6. The van der Waals surface area contributed by atoms with E-state index in [1.165, 1.54) is 30.5 Å². The normalized spacial score (nSPS) is 11.2. The largest absolute Gasteiger partial charge is 0.494 e. The first-order chi connectivity index (χ1) is 13.3. The lowest BCUT2D eigenvalue weighted by atomic mass is 10.3. The van der Waals surface area contributed by atoms with Gasteiger partial charge in [-0.1, -0.05) is 29.3 Å². The molecule has 146 valence electrons. The molecule has 0 aliphatic rings. The van der Waals surface area contributed by atoms with E-state index < -0.39 is 15.6 Å². The highest BCUT2D eigenvalue weighted by Gasteiger charge is 2.16. The van der Waals surface area contributed by atoms with Crippen molar-refractivity contribution in [2.45, 2.75) is 11.8 Å². The smallest absolute Gasteiger partial charge is 0.291 e. The number of anilines is 1. The van der Waals surface area contributed by atoms with Gasteiger partial charge in [0.05, 0.1) is 34.1 Å². The summed E-state index contributed by atoms with van der Waals surface area (Å²) in [5.74, 6) is 0.558. The standard InChI is InChI=1S/C18H15Cl2N3O4S/c1-2-27-14-5-3-4-12(10-14)22-28(25,26)15-8-6-13(7-9-15)23-18(24)17(20)16(19)11-21-23/h3-11,22H,2H2,1H3. The molecule has 3 rings (SSSR count). The summed E-state index contributed by atoms with van der Waals surface area (Å²) in [6.45, 7) is 2.31. The van der Waals surface area contributed by atoms with Gasteiger partial charge in [-0.05, 0) is 43.3 Å². The van der Waals surface area contributed by atoms with E-state index in [1.807, 2.05) is 6.92 Å². The molecule has 0 spiro atoms. The molecular weight excluding hydrogens is 425 g/mol. The van der Waals surface area contributed by atoms with Crippen LogP contribution in [0.3, 0.4) is 0 Å². The average molecular weight is 440 g/mol. The zero-order chi connectivity index (χ0) is 20.3. The highest BCUT2D eigenvalue weighted by Crippen LogP contribution is 2.22. The van der Waals surface area contributed by atoms with Gasteiger partial charge in [0.1, 0.15) is 10.8 Å². The molecule has 1 heterocycles. The Bertz CT molecular complexity index is 1160. The number of sulfonamides is 1. The van der Waals surface area contributed by atoms with Crippen LogP contribution in [-0.4, -0.2) is 24.8 Å². The predicted octanol–water partition coefficient (Wildman–Crippen LogP) is 3.74. The van der Waals surface area contributed by atoms with Crippen molar-refractivity contribution in [1.29, 1.82) is 0 Å². The van der Waals surface area contributed by atoms with Gasteiger partial charge >= 0.3 is 0 Å². The second-order valence-electron chi connectivity index (χ2n) is 5.58. The van der Waals surface area contributed by atoms with Gasteiger partial charge in [0, 0.05) is 6.07 Å². The molecule has 0 aliphatic carbocycles. The Morgan fingerprint density at radius 3 is 2.54 bits per heavy atom. The third-order valence-electron chi connectivity index (χ3n) is 3.67. The van der Waals surface area contributed by atoms with Gasteiger partial charge in [-0.3, -0.25) is 9.52 Å². The average Bonchev–Trinajstić information content (AvgIpc) is 2.67. The van der Waals surface area contributed by atoms with Crippen LogP contribution in [0.2, 0.25) is 10.0 Å². The molecule has 10 heteroatoms. The molecule has 0 bridgehead atoms. The van der Waals surface area contributed by atoms with Crippen LogP contribution in [0.25, 0.3) is 5.69 Å². The number of hydrogen-bond acceptors (Lipinski definition) is 5. The summed E-state index contributed by atoms with van der Waals surface area (Å²) in [6, 6.07) is 12.3. The Morgan fingerprint density at radius 1 is 1.14 bits per heavy atom. The zero-order valence-corrected chi connectivity index (χ0v) is 16.9. The summed E-state index contributed by atoms with van der Waals surface area (Å²) in [4.78, 5) is 12.2. The lowest BCUT2D eigenvalue weighted by molar-refractivity contribution is 0.340. The van der Waals surface area contributed by atoms with Crippen molar-refractivity contribution in [3.05, 3.63) is 75.1 Å². The van der Waals surface area contributed by atoms with Crippen molar-refractivity contribution >= 4 is 38.9 Å². The molecule has 1 N–H and O–H groups in total. The maximum absolute atomic E-state index is 12.6. The van der Waals surface area contributed by atoms with E-state index in [9.17, 15) is 13.2 Å². The monoisotopic (exact) mass is 439 g/mol. The molecule has 0 unspecified atom stereocenters. The molecule has 0 saturated heterocycles. The molecule has 3 aromatic rings. The number of benzene rings is 2. The van der Waals surface area contributed by atoms with Crippen molar-refractivity contribution in [3.63, 3.8) is 0 Å². The van der Waals surface area contributed by atoms with Gasteiger partial charge in [0.2, 0.25) is 0 Å². The van der Waals surface area contributed by atoms with Crippen LogP contribution in [0.5, 0.6) is 5.75 Å². The van der Waals surface area contributed by atoms with Crippen molar-refractivity contribution in [3.8, 4) is 11.4 Å². The zero-order valence-electron chi connectivity index (χ0n) is 14.6. The van der Waals surface area contributed by atoms with E-state index in [0.29, 0.717) is 23.7 Å². The Balaban J connectivity index is 1.87. The number of aromatic nitrogens is 2. The molecule has 0 saturated carbocycles. The van der Waals surface area contributed by atoms with Gasteiger partial charge in [-0.15, -0.1) is 0 Å². The van der Waals surface area contributed by atoms with Crippen LogP contribution in [0.4, 0.5) is 5.69 Å². The summed E-state index contributed by atoms with van der Waals surface area (Å²) in [5, 5.41) is 3.78. The molecule has 0 fully saturated rings. The van der Waals surface area contributed by atoms with Gasteiger partial charge < -0.3 is 4.74 Å².